The fourth-order valence-electron chi connectivity index (χ4n) is 1.71. The van der Waals surface area contributed by atoms with Crippen molar-refractivity contribution in [2.45, 2.75) is 19.9 Å². The van der Waals surface area contributed by atoms with Crippen LogP contribution in [0.4, 0.5) is 5.69 Å². The van der Waals surface area contributed by atoms with E-state index in [0.717, 1.165) is 0 Å². The Labute approximate surface area is 147 Å². The molecular weight excluding hydrogens is 341 g/mol. The summed E-state index contributed by atoms with van der Waals surface area (Å²) in [6.07, 6.45) is 0. The van der Waals surface area contributed by atoms with Gasteiger partial charge in [0.25, 0.3) is 0 Å². The van der Waals surface area contributed by atoms with E-state index in [1.807, 2.05) is 13.8 Å². The first-order valence-corrected chi connectivity index (χ1v) is 7.29. The van der Waals surface area contributed by atoms with Crippen molar-refractivity contribution in [2.24, 2.45) is 11.7 Å². The monoisotopic (exact) mass is 363 g/mol. The maximum atomic E-state index is 12.1. The van der Waals surface area contributed by atoms with Gasteiger partial charge < -0.3 is 20.7 Å². The van der Waals surface area contributed by atoms with Gasteiger partial charge in [0.05, 0.1) is 24.7 Å². The topological polar surface area (TPSA) is 84.7 Å². The zero-order valence-electron chi connectivity index (χ0n) is 13.6. The van der Waals surface area contributed by atoms with Crippen LogP contribution >= 0.6 is 24.0 Å². The number of benzene rings is 1. The van der Waals surface area contributed by atoms with E-state index in [4.69, 9.17) is 22.1 Å². The summed E-state index contributed by atoms with van der Waals surface area (Å²) in [4.78, 5) is 25.3. The SMILES string of the molecule is COc1ccc(N(C)C(=O)CNC(=O)[C@@H](N)C(C)C)cc1Cl.Cl. The number of likely N-dealkylation sites (N-methyl/N-ethyl adjacent to an activating group) is 1. The molecule has 6 nitrogen and oxygen atoms in total. The van der Waals surface area contributed by atoms with Crippen molar-refractivity contribution in [1.82, 2.24) is 5.32 Å². The first-order chi connectivity index (χ1) is 10.3. The van der Waals surface area contributed by atoms with Gasteiger partial charge in [0.2, 0.25) is 11.8 Å². The fourth-order valence-corrected chi connectivity index (χ4v) is 1.96. The normalized spacial score (nSPS) is 11.4. The molecule has 1 aromatic carbocycles. The van der Waals surface area contributed by atoms with Crippen LogP contribution in [0.1, 0.15) is 13.8 Å². The molecule has 0 bridgehead atoms. The number of rotatable bonds is 6. The molecule has 0 aliphatic carbocycles. The zero-order valence-corrected chi connectivity index (χ0v) is 15.2. The zero-order chi connectivity index (χ0) is 16.9. The Morgan fingerprint density at radius 2 is 2.00 bits per heavy atom. The van der Waals surface area contributed by atoms with Gasteiger partial charge in [-0.3, -0.25) is 9.59 Å². The van der Waals surface area contributed by atoms with Gasteiger partial charge in [-0.1, -0.05) is 25.4 Å². The van der Waals surface area contributed by atoms with Crippen molar-refractivity contribution in [3.63, 3.8) is 0 Å². The van der Waals surface area contributed by atoms with Crippen molar-refractivity contribution in [3.8, 4) is 5.75 Å². The average molecular weight is 364 g/mol. The Morgan fingerprint density at radius 3 is 2.48 bits per heavy atom. The number of nitrogens with zero attached hydrogens (tertiary/aromatic N) is 1. The third-order valence-electron chi connectivity index (χ3n) is 3.33. The van der Waals surface area contributed by atoms with E-state index >= 15 is 0 Å². The van der Waals surface area contributed by atoms with Gasteiger partial charge in [0.15, 0.2) is 0 Å². The highest BCUT2D eigenvalue weighted by Crippen LogP contribution is 2.28. The van der Waals surface area contributed by atoms with Crippen LogP contribution in [0, 0.1) is 5.92 Å². The van der Waals surface area contributed by atoms with E-state index in [1.54, 1.807) is 25.2 Å². The second-order valence-corrected chi connectivity index (χ2v) is 5.67. The number of nitrogens with two attached hydrogens (primary N) is 1. The van der Waals surface area contributed by atoms with Gasteiger partial charge >= 0.3 is 0 Å². The number of ether oxygens (including phenoxy) is 1. The molecule has 0 fully saturated rings. The van der Waals surface area contributed by atoms with Gasteiger partial charge in [-0.2, -0.15) is 0 Å². The number of carbonyl (C=O) groups excluding carboxylic acids is 2. The molecule has 0 saturated carbocycles. The van der Waals surface area contributed by atoms with Crippen LogP contribution in [0.2, 0.25) is 5.02 Å². The summed E-state index contributed by atoms with van der Waals surface area (Å²) in [7, 11) is 3.12. The summed E-state index contributed by atoms with van der Waals surface area (Å²) in [5.41, 5.74) is 6.33. The number of anilines is 1. The first-order valence-electron chi connectivity index (χ1n) is 6.91. The van der Waals surface area contributed by atoms with Gasteiger partial charge in [0, 0.05) is 12.7 Å². The van der Waals surface area contributed by atoms with Crippen molar-refractivity contribution in [2.75, 3.05) is 25.6 Å². The van der Waals surface area contributed by atoms with Crippen molar-refractivity contribution >= 4 is 41.5 Å². The molecule has 0 aromatic heterocycles. The molecule has 23 heavy (non-hydrogen) atoms. The molecule has 0 unspecified atom stereocenters. The van der Waals surface area contributed by atoms with Crippen LogP contribution in [0.15, 0.2) is 18.2 Å². The molecule has 1 atom stereocenters. The number of amides is 2. The molecule has 130 valence electrons. The van der Waals surface area contributed by atoms with Crippen molar-refractivity contribution < 1.29 is 14.3 Å². The lowest BCUT2D eigenvalue weighted by molar-refractivity contribution is -0.126. The van der Waals surface area contributed by atoms with Crippen LogP contribution in [0.3, 0.4) is 0 Å². The molecule has 3 N–H and O–H groups in total. The summed E-state index contributed by atoms with van der Waals surface area (Å²) >= 11 is 6.03. The number of halogens is 2. The van der Waals surface area contributed by atoms with E-state index < -0.39 is 6.04 Å². The summed E-state index contributed by atoms with van der Waals surface area (Å²) in [6, 6.07) is 4.38. The lowest BCUT2D eigenvalue weighted by Gasteiger charge is -2.20. The lowest BCUT2D eigenvalue weighted by atomic mass is 10.1. The second kappa shape index (κ2) is 9.60. The highest BCUT2D eigenvalue weighted by Gasteiger charge is 2.19. The van der Waals surface area contributed by atoms with E-state index in [1.165, 1.54) is 12.0 Å². The van der Waals surface area contributed by atoms with Crippen LogP contribution in [0.5, 0.6) is 5.75 Å². The van der Waals surface area contributed by atoms with Gasteiger partial charge in [0.1, 0.15) is 5.75 Å². The number of hydrogen-bond donors (Lipinski definition) is 2. The Kier molecular flexibility index (Phi) is 8.97. The van der Waals surface area contributed by atoms with Gasteiger partial charge in [-0.25, -0.2) is 0 Å². The average Bonchev–Trinajstić information content (AvgIpc) is 2.50. The Bertz CT molecular complexity index is 553. The van der Waals surface area contributed by atoms with E-state index in [2.05, 4.69) is 5.32 Å². The van der Waals surface area contributed by atoms with Gasteiger partial charge in [-0.15, -0.1) is 12.4 Å². The molecular formula is C15H23Cl2N3O3. The first kappa shape index (κ1) is 21.5. The summed E-state index contributed by atoms with van der Waals surface area (Å²) in [6.45, 7) is 3.56. The minimum Gasteiger partial charge on any atom is -0.495 e. The molecule has 0 heterocycles. The Balaban J connectivity index is 0.00000484. The summed E-state index contributed by atoms with van der Waals surface area (Å²) in [5, 5.41) is 2.95. The minimum atomic E-state index is -0.631. The quantitative estimate of drug-likeness (QED) is 0.807. The number of methoxy groups -OCH3 is 1. The second-order valence-electron chi connectivity index (χ2n) is 5.26. The molecule has 0 aliphatic rings. The maximum Gasteiger partial charge on any atom is 0.246 e. The van der Waals surface area contributed by atoms with Crippen LogP contribution in [-0.4, -0.2) is 38.6 Å². The summed E-state index contributed by atoms with van der Waals surface area (Å²) < 4.78 is 5.06. The van der Waals surface area contributed by atoms with Crippen LogP contribution in [0.25, 0.3) is 0 Å². The van der Waals surface area contributed by atoms with Crippen LogP contribution < -0.4 is 20.7 Å². The third kappa shape index (κ3) is 5.89. The number of nitrogens with one attached hydrogen (secondary N) is 1. The highest BCUT2D eigenvalue weighted by molar-refractivity contribution is 6.32. The molecule has 0 aliphatic heterocycles. The van der Waals surface area contributed by atoms with Crippen LogP contribution in [-0.2, 0) is 9.59 Å². The smallest absolute Gasteiger partial charge is 0.246 e. The number of carbonyl (C=O) groups is 2. The molecule has 2 amide bonds. The van der Waals surface area contributed by atoms with E-state index in [0.29, 0.717) is 16.5 Å². The molecule has 1 rings (SSSR count). The van der Waals surface area contributed by atoms with E-state index in [9.17, 15) is 9.59 Å². The fraction of sp³-hybridized carbons (Fsp3) is 0.467. The standard InChI is InChI=1S/C15H22ClN3O3.ClH/c1-9(2)14(17)15(21)18-8-13(20)19(3)10-5-6-12(22-4)11(16)7-10;/h5-7,9,14H,8,17H2,1-4H3,(H,18,21);1H/t14-;/m0./s1. The molecule has 0 spiro atoms. The predicted octanol–water partition coefficient (Wildman–Crippen LogP) is 1.83. The van der Waals surface area contributed by atoms with Gasteiger partial charge in [-0.05, 0) is 24.1 Å². The molecule has 0 saturated heterocycles. The van der Waals surface area contributed by atoms with Crippen molar-refractivity contribution in [3.05, 3.63) is 23.2 Å². The van der Waals surface area contributed by atoms with Crippen molar-refractivity contribution in [1.29, 1.82) is 0 Å². The Morgan fingerprint density at radius 1 is 1.39 bits per heavy atom. The molecule has 0 radical (unpaired) electrons. The lowest BCUT2D eigenvalue weighted by Crippen LogP contribution is -2.47. The maximum absolute atomic E-state index is 12.1. The van der Waals surface area contributed by atoms with E-state index in [-0.39, 0.29) is 36.7 Å². The largest absolute Gasteiger partial charge is 0.495 e. The highest BCUT2D eigenvalue weighted by atomic mass is 35.5. The molecule has 1 aromatic rings. The predicted molar refractivity (Wildman–Crippen MR) is 94.5 cm³/mol. The number of hydrogen-bond acceptors (Lipinski definition) is 4. The molecule has 8 heteroatoms. The Hall–Kier alpha value is -1.50. The summed E-state index contributed by atoms with van der Waals surface area (Å²) in [5.74, 6) is -0.0780. The minimum absolute atomic E-state index is 0. The third-order valence-corrected chi connectivity index (χ3v) is 3.63.